The topological polar surface area (TPSA) is 66.8 Å². The lowest BCUT2D eigenvalue weighted by Gasteiger charge is -2.33. The average Bonchev–Trinajstić information content (AvgIpc) is 2.51. The van der Waals surface area contributed by atoms with Crippen LogP contribution in [0.15, 0.2) is 18.2 Å². The van der Waals surface area contributed by atoms with Crippen molar-refractivity contribution in [2.45, 2.75) is 98.0 Å². The van der Waals surface area contributed by atoms with Crippen LogP contribution in [-0.2, 0) is 19.9 Å². The second kappa shape index (κ2) is 9.22. The Morgan fingerprint density at radius 1 is 1.04 bits per heavy atom. The van der Waals surface area contributed by atoms with E-state index in [1.54, 1.807) is 0 Å². The zero-order valence-electron chi connectivity index (χ0n) is 18.4. The van der Waals surface area contributed by atoms with Crippen LogP contribution in [0.5, 0.6) is 0 Å². The molecule has 0 aliphatic heterocycles. The monoisotopic (exact) mass is 398 g/mol. The summed E-state index contributed by atoms with van der Waals surface area (Å²) >= 11 is 0. The summed E-state index contributed by atoms with van der Waals surface area (Å²) in [5.74, 6) is 0.0687. The summed E-state index contributed by atoms with van der Waals surface area (Å²) in [6, 6.07) is 6.29. The molecule has 2 atom stereocenters. The molecule has 0 radical (unpaired) electrons. The van der Waals surface area contributed by atoms with Crippen molar-refractivity contribution in [1.82, 2.24) is 0 Å². The van der Waals surface area contributed by atoms with Crippen molar-refractivity contribution in [1.29, 1.82) is 0 Å². The van der Waals surface area contributed by atoms with Crippen LogP contribution in [0, 0.1) is 5.92 Å². The Morgan fingerprint density at radius 2 is 1.63 bits per heavy atom. The predicted octanol–water partition coefficient (Wildman–Crippen LogP) is 6.65. The molecule has 0 fully saturated rings. The maximum Gasteiger partial charge on any atom is 0.470 e. The summed E-state index contributed by atoms with van der Waals surface area (Å²) in [6.45, 7) is 17.1. The van der Waals surface area contributed by atoms with Crippen molar-refractivity contribution < 1.29 is 18.9 Å². The number of hydrogen-bond acceptors (Lipinski definition) is 2. The van der Waals surface area contributed by atoms with Crippen molar-refractivity contribution in [3.8, 4) is 0 Å². The molecular weight excluding hydrogens is 359 g/mol. The Morgan fingerprint density at radius 3 is 2.04 bits per heavy atom. The number of benzene rings is 1. The fourth-order valence-electron chi connectivity index (χ4n) is 3.50. The first-order valence-corrected chi connectivity index (χ1v) is 11.6. The summed E-state index contributed by atoms with van der Waals surface area (Å²) in [7, 11) is -4.60. The van der Waals surface area contributed by atoms with Gasteiger partial charge in [0, 0.05) is 0 Å². The molecule has 0 spiro atoms. The Labute approximate surface area is 166 Å². The van der Waals surface area contributed by atoms with Gasteiger partial charge in [0.1, 0.15) is 0 Å². The van der Waals surface area contributed by atoms with Crippen molar-refractivity contribution >= 4 is 7.82 Å². The SMILES string of the molecule is CCCCC(CC)C(OP(=O)(O)O)c1ccc(C(C)(C)C)cc1C(C)(C)C. The quantitative estimate of drug-likeness (QED) is 0.481. The highest BCUT2D eigenvalue weighted by Gasteiger charge is 2.34. The van der Waals surface area contributed by atoms with Gasteiger partial charge < -0.3 is 9.79 Å². The van der Waals surface area contributed by atoms with Crippen LogP contribution in [0.4, 0.5) is 0 Å². The second-order valence-electron chi connectivity index (χ2n) is 9.63. The minimum Gasteiger partial charge on any atom is -0.303 e. The first-order valence-electron chi connectivity index (χ1n) is 10.1. The van der Waals surface area contributed by atoms with Crippen LogP contribution >= 0.6 is 7.82 Å². The van der Waals surface area contributed by atoms with Gasteiger partial charge in [0.2, 0.25) is 0 Å². The maximum atomic E-state index is 11.8. The fraction of sp³-hybridized carbons (Fsp3) is 0.727. The summed E-state index contributed by atoms with van der Waals surface area (Å²) in [5, 5.41) is 0. The molecule has 1 rings (SSSR count). The van der Waals surface area contributed by atoms with E-state index in [4.69, 9.17) is 4.52 Å². The van der Waals surface area contributed by atoms with Crippen LogP contribution in [0.1, 0.15) is 104 Å². The molecule has 0 aromatic heterocycles. The van der Waals surface area contributed by atoms with Crippen molar-refractivity contribution in [2.75, 3.05) is 0 Å². The highest BCUT2D eigenvalue weighted by atomic mass is 31.2. The summed E-state index contributed by atoms with van der Waals surface area (Å²) < 4.78 is 17.2. The molecule has 0 aliphatic rings. The van der Waals surface area contributed by atoms with Crippen LogP contribution in [0.25, 0.3) is 0 Å². The van der Waals surface area contributed by atoms with E-state index in [1.807, 2.05) is 6.07 Å². The zero-order chi connectivity index (χ0) is 21.0. The van der Waals surface area contributed by atoms with Gasteiger partial charge in [-0.05, 0) is 39.9 Å². The van der Waals surface area contributed by atoms with E-state index in [0.29, 0.717) is 0 Å². The molecule has 0 saturated carbocycles. The third kappa shape index (κ3) is 7.34. The standard InChI is InChI=1S/C22H39O4P/c1-9-11-12-16(10-2)20(26-27(23,24)25)18-14-13-17(21(3,4)5)15-19(18)22(6,7)8/h13-16,20H,9-12H2,1-8H3,(H2,23,24,25). The van der Waals surface area contributed by atoms with E-state index >= 15 is 0 Å². The van der Waals surface area contributed by atoms with Gasteiger partial charge in [-0.2, -0.15) is 0 Å². The van der Waals surface area contributed by atoms with E-state index in [0.717, 1.165) is 36.8 Å². The lowest BCUT2D eigenvalue weighted by molar-refractivity contribution is 0.0796. The number of phosphoric acid groups is 1. The molecular formula is C22H39O4P. The first-order chi connectivity index (χ1) is 12.2. The van der Waals surface area contributed by atoms with Gasteiger partial charge in [0.25, 0.3) is 0 Å². The Balaban J connectivity index is 3.57. The zero-order valence-corrected chi connectivity index (χ0v) is 19.3. The molecule has 0 amide bonds. The highest BCUT2D eigenvalue weighted by molar-refractivity contribution is 7.46. The number of phosphoric ester groups is 1. The highest BCUT2D eigenvalue weighted by Crippen LogP contribution is 2.49. The molecule has 2 unspecified atom stereocenters. The van der Waals surface area contributed by atoms with Crippen LogP contribution in [0.2, 0.25) is 0 Å². The number of rotatable bonds is 8. The second-order valence-corrected chi connectivity index (χ2v) is 10.8. The van der Waals surface area contributed by atoms with Gasteiger partial charge in [0.05, 0.1) is 6.10 Å². The molecule has 4 nitrogen and oxygen atoms in total. The van der Waals surface area contributed by atoms with Crippen molar-refractivity contribution in [3.63, 3.8) is 0 Å². The van der Waals surface area contributed by atoms with E-state index in [2.05, 4.69) is 67.5 Å². The molecule has 0 bridgehead atoms. The molecule has 27 heavy (non-hydrogen) atoms. The van der Waals surface area contributed by atoms with Crippen LogP contribution in [-0.4, -0.2) is 9.79 Å². The van der Waals surface area contributed by atoms with Gasteiger partial charge in [0.15, 0.2) is 0 Å². The Kier molecular flexibility index (Phi) is 8.32. The Hall–Kier alpha value is -0.670. The molecule has 0 aliphatic carbocycles. The predicted molar refractivity (Wildman–Crippen MR) is 113 cm³/mol. The molecule has 2 N–H and O–H groups in total. The largest absolute Gasteiger partial charge is 0.470 e. The minimum absolute atomic E-state index is 0.00447. The third-order valence-corrected chi connectivity index (χ3v) is 5.67. The first kappa shape index (κ1) is 24.4. The third-order valence-electron chi connectivity index (χ3n) is 5.17. The lowest BCUT2D eigenvalue weighted by atomic mass is 9.75. The normalized spacial score (nSPS) is 15.6. The number of hydrogen-bond donors (Lipinski definition) is 2. The smallest absolute Gasteiger partial charge is 0.303 e. The van der Waals surface area contributed by atoms with Crippen LogP contribution < -0.4 is 0 Å². The molecule has 5 heteroatoms. The molecule has 1 aromatic rings. The molecule has 0 saturated heterocycles. The fourth-order valence-corrected chi connectivity index (χ4v) is 4.08. The maximum absolute atomic E-state index is 11.8. The lowest BCUT2D eigenvalue weighted by Crippen LogP contribution is -2.23. The van der Waals surface area contributed by atoms with Gasteiger partial charge >= 0.3 is 7.82 Å². The average molecular weight is 399 g/mol. The molecule has 1 aromatic carbocycles. The number of unbranched alkanes of at least 4 members (excludes halogenated alkanes) is 1. The molecule has 156 valence electrons. The van der Waals surface area contributed by atoms with Gasteiger partial charge in [-0.15, -0.1) is 0 Å². The Bertz CT molecular complexity index is 649. The summed E-state index contributed by atoms with van der Waals surface area (Å²) in [5.41, 5.74) is 3.07. The van der Waals surface area contributed by atoms with E-state index in [-0.39, 0.29) is 16.7 Å². The summed E-state index contributed by atoms with van der Waals surface area (Å²) in [4.78, 5) is 19.2. The van der Waals surface area contributed by atoms with Gasteiger partial charge in [-0.1, -0.05) is 92.9 Å². The van der Waals surface area contributed by atoms with E-state index < -0.39 is 13.9 Å². The van der Waals surface area contributed by atoms with Crippen LogP contribution in [0.3, 0.4) is 0 Å². The van der Waals surface area contributed by atoms with Crippen molar-refractivity contribution in [3.05, 3.63) is 34.9 Å². The van der Waals surface area contributed by atoms with Gasteiger partial charge in [-0.25, -0.2) is 4.57 Å². The molecule has 0 heterocycles. The van der Waals surface area contributed by atoms with Gasteiger partial charge in [-0.3, -0.25) is 4.52 Å². The van der Waals surface area contributed by atoms with E-state index in [9.17, 15) is 14.4 Å². The summed E-state index contributed by atoms with van der Waals surface area (Å²) in [6.07, 6.45) is 3.17. The van der Waals surface area contributed by atoms with Crippen molar-refractivity contribution in [2.24, 2.45) is 5.92 Å². The minimum atomic E-state index is -4.60. The van der Waals surface area contributed by atoms with E-state index in [1.165, 1.54) is 5.56 Å².